The number of aliphatic hydroxyl groups excluding tert-OH is 1. The molecule has 1 N–H and O–H groups in total. The van der Waals surface area contributed by atoms with E-state index in [0.717, 1.165) is 32.1 Å². The molecule has 0 spiro atoms. The summed E-state index contributed by atoms with van der Waals surface area (Å²) in [5.41, 5.74) is 0. The Balaban J connectivity index is 0. The molecule has 2 unspecified atom stereocenters. The molecule has 0 aromatic rings. The monoisotopic (exact) mass is 374 g/mol. The predicted molar refractivity (Wildman–Crippen MR) is 90.9 cm³/mol. The first kappa shape index (κ1) is 26.7. The van der Waals surface area contributed by atoms with E-state index in [2.05, 4.69) is 6.92 Å². The number of aliphatic hydroxyl groups is 1. The smallest absolute Gasteiger partial charge is 0.748 e. The van der Waals surface area contributed by atoms with Gasteiger partial charge in [0.15, 0.2) is 0 Å². The maximum Gasteiger partial charge on any atom is 1.00 e. The Morgan fingerprint density at radius 1 is 0.783 bits per heavy atom. The fourth-order valence-corrected chi connectivity index (χ4v) is 3.62. The Hall–Kier alpha value is 1.51. The zero-order valence-electron chi connectivity index (χ0n) is 15.4. The van der Waals surface area contributed by atoms with Crippen molar-refractivity contribution in [3.8, 4) is 0 Å². The van der Waals surface area contributed by atoms with Gasteiger partial charge in [0.05, 0.1) is 16.2 Å². The van der Waals surface area contributed by atoms with Crippen LogP contribution in [0, 0.1) is 0 Å². The van der Waals surface area contributed by atoms with Crippen LogP contribution in [-0.4, -0.2) is 29.4 Å². The van der Waals surface area contributed by atoms with Crippen molar-refractivity contribution >= 4 is 10.1 Å². The van der Waals surface area contributed by atoms with Crippen LogP contribution in [0.15, 0.2) is 0 Å². The van der Waals surface area contributed by atoms with E-state index in [4.69, 9.17) is 0 Å². The summed E-state index contributed by atoms with van der Waals surface area (Å²) in [6.45, 7) is 4.23. The van der Waals surface area contributed by atoms with Gasteiger partial charge in [-0.3, -0.25) is 0 Å². The molecule has 0 amide bonds. The van der Waals surface area contributed by atoms with Crippen molar-refractivity contribution < 1.29 is 69.5 Å². The minimum Gasteiger partial charge on any atom is -0.748 e. The number of hydrogen-bond donors (Lipinski definition) is 1. The first-order valence-corrected chi connectivity index (χ1v) is 10.5. The van der Waals surface area contributed by atoms with Gasteiger partial charge in [-0.2, -0.15) is 0 Å². The third-order valence-electron chi connectivity index (χ3n) is 4.25. The van der Waals surface area contributed by atoms with Crippen molar-refractivity contribution in [2.45, 2.75) is 109 Å². The van der Waals surface area contributed by atoms with Crippen LogP contribution >= 0.6 is 0 Å². The van der Waals surface area contributed by atoms with Crippen LogP contribution in [0.1, 0.15) is 97.3 Å². The topological polar surface area (TPSA) is 77.4 Å². The van der Waals surface area contributed by atoms with Crippen molar-refractivity contribution in [2.24, 2.45) is 0 Å². The molecule has 0 heterocycles. The van der Waals surface area contributed by atoms with E-state index in [1.54, 1.807) is 0 Å². The van der Waals surface area contributed by atoms with E-state index in [9.17, 15) is 18.1 Å². The summed E-state index contributed by atoms with van der Waals surface area (Å²) in [4.78, 5) is 0. The first-order valence-electron chi connectivity index (χ1n) is 9.04. The standard InChI is InChI=1S/C17H36O4S.K/c1-3-5-7-8-9-11-12-16(18)14-15-17(22(19,20)21)13-10-6-4-2;/h16-18H,3-15H2,1-2H3,(H,19,20,21);/q;+1/p-1. The van der Waals surface area contributed by atoms with Gasteiger partial charge in [-0.1, -0.05) is 71.6 Å². The molecule has 0 aliphatic carbocycles. The van der Waals surface area contributed by atoms with Gasteiger partial charge in [0.2, 0.25) is 0 Å². The largest absolute Gasteiger partial charge is 1.00 e. The van der Waals surface area contributed by atoms with E-state index >= 15 is 0 Å². The van der Waals surface area contributed by atoms with Crippen LogP contribution < -0.4 is 51.4 Å². The summed E-state index contributed by atoms with van der Waals surface area (Å²) < 4.78 is 33.8. The maximum atomic E-state index is 11.3. The number of hydrogen-bond acceptors (Lipinski definition) is 4. The minimum absolute atomic E-state index is 0. The van der Waals surface area contributed by atoms with Crippen LogP contribution in [0.5, 0.6) is 0 Å². The molecule has 0 aliphatic heterocycles. The molecule has 0 bridgehead atoms. The van der Waals surface area contributed by atoms with E-state index in [-0.39, 0.29) is 51.4 Å². The predicted octanol–water partition coefficient (Wildman–Crippen LogP) is 1.38. The number of unbranched alkanes of at least 4 members (excludes halogenated alkanes) is 7. The van der Waals surface area contributed by atoms with Gasteiger partial charge in [-0.05, 0) is 25.7 Å². The van der Waals surface area contributed by atoms with Crippen molar-refractivity contribution in [2.75, 3.05) is 0 Å². The van der Waals surface area contributed by atoms with Gasteiger partial charge < -0.3 is 9.66 Å². The Morgan fingerprint density at radius 2 is 1.26 bits per heavy atom. The molecule has 0 saturated heterocycles. The SMILES string of the molecule is CCCCCCCCC(O)CCC(CCCCC)S(=O)(=O)[O-].[K+]. The molecule has 0 radical (unpaired) electrons. The van der Waals surface area contributed by atoms with E-state index in [1.165, 1.54) is 25.7 Å². The normalized spacial score (nSPS) is 14.3. The molecule has 0 rings (SSSR count). The summed E-state index contributed by atoms with van der Waals surface area (Å²) in [5, 5.41) is 9.12. The van der Waals surface area contributed by atoms with Gasteiger partial charge in [0, 0.05) is 5.25 Å². The average Bonchev–Trinajstić information content (AvgIpc) is 2.45. The fraction of sp³-hybridized carbons (Fsp3) is 1.00. The molecule has 0 aliphatic rings. The van der Waals surface area contributed by atoms with Gasteiger partial charge in [-0.15, -0.1) is 0 Å². The molecule has 134 valence electrons. The summed E-state index contributed by atoms with van der Waals surface area (Å²) in [7, 11) is -4.24. The van der Waals surface area contributed by atoms with Crippen molar-refractivity contribution in [3.63, 3.8) is 0 Å². The van der Waals surface area contributed by atoms with Crippen molar-refractivity contribution in [1.29, 1.82) is 0 Å². The van der Waals surface area contributed by atoms with Crippen LogP contribution in [0.4, 0.5) is 0 Å². The molecule has 0 saturated carbocycles. The third-order valence-corrected chi connectivity index (χ3v) is 5.54. The van der Waals surface area contributed by atoms with Gasteiger partial charge in [0.1, 0.15) is 0 Å². The van der Waals surface area contributed by atoms with Crippen molar-refractivity contribution in [3.05, 3.63) is 0 Å². The third kappa shape index (κ3) is 16.7. The Morgan fingerprint density at radius 3 is 1.83 bits per heavy atom. The summed E-state index contributed by atoms with van der Waals surface area (Å²) in [6.07, 6.45) is 11.2. The molecular weight excluding hydrogens is 339 g/mol. The van der Waals surface area contributed by atoms with Crippen LogP contribution in [0.25, 0.3) is 0 Å². The van der Waals surface area contributed by atoms with Gasteiger partial charge in [0.25, 0.3) is 0 Å². The Kier molecular flexibility index (Phi) is 19.7. The summed E-state index contributed by atoms with van der Waals surface area (Å²) in [6, 6.07) is 0. The minimum atomic E-state index is -4.24. The molecule has 6 heteroatoms. The van der Waals surface area contributed by atoms with Crippen LogP contribution in [0.2, 0.25) is 0 Å². The quantitative estimate of drug-likeness (QED) is 0.267. The summed E-state index contributed by atoms with van der Waals surface area (Å²) >= 11 is 0. The Labute approximate surface area is 186 Å². The number of rotatable bonds is 15. The van der Waals surface area contributed by atoms with E-state index in [1.807, 2.05) is 6.92 Å². The van der Waals surface area contributed by atoms with Gasteiger partial charge in [-0.25, -0.2) is 8.42 Å². The zero-order chi connectivity index (χ0) is 16.8. The molecule has 0 fully saturated rings. The molecule has 2 atom stereocenters. The van der Waals surface area contributed by atoms with Crippen molar-refractivity contribution in [1.82, 2.24) is 0 Å². The zero-order valence-corrected chi connectivity index (χ0v) is 19.4. The van der Waals surface area contributed by atoms with E-state index < -0.39 is 21.5 Å². The van der Waals surface area contributed by atoms with Crippen LogP contribution in [0.3, 0.4) is 0 Å². The van der Waals surface area contributed by atoms with Gasteiger partial charge >= 0.3 is 51.4 Å². The van der Waals surface area contributed by atoms with E-state index in [0.29, 0.717) is 25.7 Å². The second-order valence-electron chi connectivity index (χ2n) is 6.40. The molecule has 4 nitrogen and oxygen atoms in total. The molecular formula is C17H35KO4S. The molecule has 23 heavy (non-hydrogen) atoms. The fourth-order valence-electron chi connectivity index (χ4n) is 2.74. The first-order chi connectivity index (χ1) is 10.4. The molecule has 0 aromatic carbocycles. The van der Waals surface area contributed by atoms with Crippen LogP contribution in [-0.2, 0) is 10.1 Å². The average molecular weight is 375 g/mol. The molecule has 0 aromatic heterocycles. The summed E-state index contributed by atoms with van der Waals surface area (Å²) in [5.74, 6) is 0. The maximum absolute atomic E-state index is 11.3. The second kappa shape index (κ2) is 16.9. The second-order valence-corrected chi connectivity index (χ2v) is 8.05. The Bertz CT molecular complexity index is 347.